The number of hydrogen-bond donors (Lipinski definition) is 2. The number of nitrogens with zero attached hydrogens (tertiary/aromatic N) is 4. The number of aromatic nitrogens is 2. The first-order valence-corrected chi connectivity index (χ1v) is 14.6. The molecule has 6 nitrogen and oxygen atoms in total. The number of anilines is 2. The van der Waals surface area contributed by atoms with Crippen LogP contribution in [0.3, 0.4) is 0 Å². The second kappa shape index (κ2) is 9.71. The van der Waals surface area contributed by atoms with Gasteiger partial charge in [0.2, 0.25) is 0 Å². The van der Waals surface area contributed by atoms with Crippen molar-refractivity contribution in [3.63, 3.8) is 0 Å². The Morgan fingerprint density at radius 1 is 0.409 bits per heavy atom. The quantitative estimate of drug-likeness (QED) is 0.224. The largest absolute Gasteiger partial charge is 0.339 e. The van der Waals surface area contributed by atoms with E-state index in [2.05, 4.69) is 106 Å². The molecule has 0 atom stereocenters. The van der Waals surface area contributed by atoms with E-state index in [-0.39, 0.29) is 0 Å². The summed E-state index contributed by atoms with van der Waals surface area (Å²) in [6, 6.07) is 41.9. The third-order valence-electron chi connectivity index (χ3n) is 8.36. The van der Waals surface area contributed by atoms with Crippen LogP contribution in [0, 0.1) is 0 Å². The first-order valence-electron chi connectivity index (χ1n) is 14.6. The Hall–Kier alpha value is -6.14. The molecule has 6 heteroatoms. The van der Waals surface area contributed by atoms with Crippen molar-refractivity contribution < 1.29 is 0 Å². The molecule has 7 aromatic rings. The molecule has 0 spiro atoms. The molecule has 0 radical (unpaired) electrons. The van der Waals surface area contributed by atoms with E-state index in [0.29, 0.717) is 11.6 Å². The van der Waals surface area contributed by atoms with Gasteiger partial charge in [0, 0.05) is 45.7 Å². The second-order valence-corrected chi connectivity index (χ2v) is 10.9. The molecule has 0 amide bonds. The molecule has 0 saturated carbocycles. The van der Waals surface area contributed by atoms with Crippen LogP contribution in [0.2, 0.25) is 0 Å². The van der Waals surface area contributed by atoms with Crippen LogP contribution in [0.1, 0.15) is 11.1 Å². The average Bonchev–Trinajstić information content (AvgIpc) is 3.62. The standard InChI is InChI=1S/C38H24N6/c1-3-21-39-33(11-1)43-37-29-19-17-25(27-7-5-9-31(41-37)35(27)29)23-13-15-24(16-14-23)26-18-20-30-36-28(26)8-6-10-32(36)42-38(30)44-34-12-2-4-22-40-34/h1-22H,(H,39,41,43)(H,40,42,44). The Morgan fingerprint density at radius 2 is 0.864 bits per heavy atom. The van der Waals surface area contributed by atoms with Crippen LogP contribution >= 0.6 is 0 Å². The zero-order chi connectivity index (χ0) is 29.0. The summed E-state index contributed by atoms with van der Waals surface area (Å²) in [5.74, 6) is 3.02. The summed E-state index contributed by atoms with van der Waals surface area (Å²) < 4.78 is 0. The second-order valence-electron chi connectivity index (χ2n) is 10.9. The van der Waals surface area contributed by atoms with Crippen LogP contribution in [0.4, 0.5) is 23.0 Å². The first-order chi connectivity index (χ1) is 21.8. The Labute approximate surface area is 253 Å². The van der Waals surface area contributed by atoms with E-state index in [1.54, 1.807) is 12.4 Å². The average molecular weight is 565 g/mol. The lowest BCUT2D eigenvalue weighted by Crippen LogP contribution is -2.06. The summed E-state index contributed by atoms with van der Waals surface area (Å²) in [4.78, 5) is 18.3. The van der Waals surface area contributed by atoms with E-state index >= 15 is 0 Å². The summed E-state index contributed by atoms with van der Waals surface area (Å²) in [5, 5.41) is 11.8. The molecule has 2 aliphatic rings. The van der Waals surface area contributed by atoms with Gasteiger partial charge in [0.1, 0.15) is 11.7 Å². The minimum atomic E-state index is 0.686. The lowest BCUT2D eigenvalue weighted by Gasteiger charge is -2.11. The first kappa shape index (κ1) is 24.5. The summed E-state index contributed by atoms with van der Waals surface area (Å²) in [6.45, 7) is 0. The number of nitrogens with one attached hydrogen (secondary N) is 2. The molecule has 44 heavy (non-hydrogen) atoms. The third-order valence-corrected chi connectivity index (χ3v) is 8.36. The monoisotopic (exact) mass is 564 g/mol. The van der Waals surface area contributed by atoms with Crippen LogP contribution in [0.5, 0.6) is 0 Å². The maximum absolute atomic E-state index is 4.79. The van der Waals surface area contributed by atoms with Gasteiger partial charge >= 0.3 is 0 Å². The van der Waals surface area contributed by atoms with E-state index in [1.807, 2.05) is 36.4 Å². The van der Waals surface area contributed by atoms with Crippen molar-refractivity contribution in [1.82, 2.24) is 9.97 Å². The van der Waals surface area contributed by atoms with Crippen molar-refractivity contribution >= 4 is 56.2 Å². The lowest BCUT2D eigenvalue weighted by molar-refractivity contribution is 1.27. The van der Waals surface area contributed by atoms with Crippen molar-refractivity contribution in [2.24, 2.45) is 9.98 Å². The van der Waals surface area contributed by atoms with E-state index < -0.39 is 0 Å². The molecule has 0 unspecified atom stereocenters. The van der Waals surface area contributed by atoms with E-state index in [4.69, 9.17) is 9.98 Å². The van der Waals surface area contributed by atoms with Crippen LogP contribution in [-0.2, 0) is 0 Å². The predicted molar refractivity (Wildman–Crippen MR) is 180 cm³/mol. The van der Waals surface area contributed by atoms with Crippen LogP contribution in [-0.4, -0.2) is 21.6 Å². The van der Waals surface area contributed by atoms with Crippen LogP contribution in [0.15, 0.2) is 144 Å². The molecular weight excluding hydrogens is 540 g/mol. The fourth-order valence-electron chi connectivity index (χ4n) is 6.38. The minimum absolute atomic E-state index is 0.686. The van der Waals surface area contributed by atoms with Crippen LogP contribution in [0.25, 0.3) is 43.8 Å². The van der Waals surface area contributed by atoms with E-state index in [9.17, 15) is 0 Å². The topological polar surface area (TPSA) is 74.6 Å². The molecule has 0 fully saturated rings. The Kier molecular flexibility index (Phi) is 5.40. The van der Waals surface area contributed by atoms with Gasteiger partial charge in [-0.05, 0) is 81.6 Å². The zero-order valence-corrected chi connectivity index (χ0v) is 23.5. The highest BCUT2D eigenvalue weighted by molar-refractivity contribution is 6.29. The fraction of sp³-hybridized carbons (Fsp3) is 0. The normalized spacial score (nSPS) is 14.8. The van der Waals surface area contributed by atoms with Crippen molar-refractivity contribution in [2.45, 2.75) is 0 Å². The van der Waals surface area contributed by atoms with Crippen LogP contribution < -0.4 is 10.6 Å². The molecule has 2 aliphatic heterocycles. The summed E-state index contributed by atoms with van der Waals surface area (Å²) in [6.07, 6.45) is 3.53. The fourth-order valence-corrected chi connectivity index (χ4v) is 6.38. The molecule has 0 aliphatic carbocycles. The number of hydrogen-bond acceptors (Lipinski definition) is 4. The summed E-state index contributed by atoms with van der Waals surface area (Å²) in [7, 11) is 0. The van der Waals surface area contributed by atoms with Crippen molar-refractivity contribution in [1.29, 1.82) is 0 Å². The van der Waals surface area contributed by atoms with Gasteiger partial charge in [-0.3, -0.25) is 0 Å². The highest BCUT2D eigenvalue weighted by Crippen LogP contribution is 2.42. The molecule has 2 N–H and O–H groups in total. The molecule has 5 aromatic carbocycles. The van der Waals surface area contributed by atoms with Gasteiger partial charge in [-0.25, -0.2) is 20.0 Å². The molecule has 2 aromatic heterocycles. The van der Waals surface area contributed by atoms with Gasteiger partial charge < -0.3 is 10.6 Å². The molecule has 206 valence electrons. The molecule has 0 bridgehead atoms. The number of rotatable bonds is 4. The zero-order valence-electron chi connectivity index (χ0n) is 23.5. The number of pyridine rings is 2. The third kappa shape index (κ3) is 3.89. The highest BCUT2D eigenvalue weighted by atomic mass is 15.1. The number of benzene rings is 5. The molecule has 4 heterocycles. The number of aliphatic imine (C=N–C) groups is 2. The van der Waals surface area contributed by atoms with Gasteiger partial charge in [-0.1, -0.05) is 72.8 Å². The summed E-state index contributed by atoms with van der Waals surface area (Å²) in [5.41, 5.74) is 9.05. The molecular formula is C38H24N6. The van der Waals surface area contributed by atoms with Gasteiger partial charge in [0.25, 0.3) is 0 Å². The van der Waals surface area contributed by atoms with E-state index in [0.717, 1.165) is 34.2 Å². The maximum atomic E-state index is 4.79. The van der Waals surface area contributed by atoms with Crippen molar-refractivity contribution in [2.75, 3.05) is 10.6 Å². The lowest BCUT2D eigenvalue weighted by atomic mass is 9.92. The van der Waals surface area contributed by atoms with Gasteiger partial charge in [0.05, 0.1) is 0 Å². The SMILES string of the molecule is c1ccc(/N=C2\Nc3cccc4c(-c5ccc(-c6ccc7c8c(cccc68)N/C7=N\c6ccccn6)cc5)ccc2c34)nc1. The molecule has 9 rings (SSSR count). The Morgan fingerprint density at radius 3 is 1.30 bits per heavy atom. The van der Waals surface area contributed by atoms with Gasteiger partial charge in [-0.15, -0.1) is 0 Å². The minimum Gasteiger partial charge on any atom is -0.339 e. The Bertz CT molecular complexity index is 2140. The maximum Gasteiger partial charge on any atom is 0.154 e. The van der Waals surface area contributed by atoms with E-state index in [1.165, 1.54) is 43.8 Å². The predicted octanol–water partition coefficient (Wildman–Crippen LogP) is 9.12. The Balaban J connectivity index is 1.10. The number of amidine groups is 2. The summed E-state index contributed by atoms with van der Waals surface area (Å²) >= 11 is 0. The van der Waals surface area contributed by atoms with Crippen molar-refractivity contribution in [3.8, 4) is 22.3 Å². The van der Waals surface area contributed by atoms with Crippen molar-refractivity contribution in [3.05, 3.63) is 145 Å². The molecule has 0 saturated heterocycles. The smallest absolute Gasteiger partial charge is 0.154 e. The van der Waals surface area contributed by atoms with Gasteiger partial charge in [0.15, 0.2) is 11.6 Å². The van der Waals surface area contributed by atoms with Gasteiger partial charge in [-0.2, -0.15) is 0 Å². The highest BCUT2D eigenvalue weighted by Gasteiger charge is 2.23.